The van der Waals surface area contributed by atoms with Gasteiger partial charge in [0.25, 0.3) is 0 Å². The number of hydrazone groups is 1. The van der Waals surface area contributed by atoms with E-state index < -0.39 is 0 Å². The lowest BCUT2D eigenvalue weighted by Crippen LogP contribution is -2.00. The van der Waals surface area contributed by atoms with Crippen LogP contribution >= 0.6 is 22.9 Å². The van der Waals surface area contributed by atoms with Gasteiger partial charge in [-0.1, -0.05) is 71.5 Å². The van der Waals surface area contributed by atoms with Crippen LogP contribution in [0.3, 0.4) is 0 Å². The van der Waals surface area contributed by atoms with Gasteiger partial charge in [-0.05, 0) is 54.8 Å². The number of hydrogen-bond acceptors (Lipinski definition) is 4. The van der Waals surface area contributed by atoms with Crippen molar-refractivity contribution in [1.82, 2.24) is 4.98 Å². The molecule has 0 atom stereocenters. The largest absolute Gasteiger partial charge is 0.252 e. The number of anilines is 1. The second-order valence-corrected chi connectivity index (χ2v) is 8.28. The monoisotopic (exact) mass is 435 g/mol. The summed E-state index contributed by atoms with van der Waals surface area (Å²) in [6.07, 6.45) is 0. The molecule has 0 unspecified atom stereocenters. The molecule has 4 rings (SSSR count). The third kappa shape index (κ3) is 4.42. The van der Waals surface area contributed by atoms with Crippen molar-refractivity contribution in [2.75, 3.05) is 5.43 Å². The van der Waals surface area contributed by atoms with Crippen molar-refractivity contribution < 1.29 is 4.39 Å². The molecule has 0 saturated carbocycles. The van der Waals surface area contributed by atoms with E-state index >= 15 is 0 Å². The lowest BCUT2D eigenvalue weighted by molar-refractivity contribution is 0.618. The number of aryl methyl sites for hydroxylation is 1. The molecule has 1 aromatic heterocycles. The molecular weight excluding hydrogens is 417 g/mol. The van der Waals surface area contributed by atoms with E-state index in [1.165, 1.54) is 17.4 Å². The Hall–Kier alpha value is -3.02. The number of benzene rings is 3. The average molecular weight is 436 g/mol. The quantitative estimate of drug-likeness (QED) is 0.261. The van der Waals surface area contributed by atoms with Crippen LogP contribution in [-0.2, 0) is 0 Å². The van der Waals surface area contributed by atoms with E-state index in [9.17, 15) is 4.39 Å². The zero-order valence-electron chi connectivity index (χ0n) is 16.5. The minimum Gasteiger partial charge on any atom is -0.252 e. The maximum Gasteiger partial charge on any atom is 0.204 e. The molecule has 0 saturated heterocycles. The number of hydrogen-bond donors (Lipinski definition) is 1. The topological polar surface area (TPSA) is 37.3 Å². The Morgan fingerprint density at radius 3 is 2.43 bits per heavy atom. The van der Waals surface area contributed by atoms with Crippen LogP contribution in [-0.4, -0.2) is 10.7 Å². The lowest BCUT2D eigenvalue weighted by Gasteiger charge is -2.03. The highest BCUT2D eigenvalue weighted by molar-refractivity contribution is 7.19. The van der Waals surface area contributed by atoms with Gasteiger partial charge in [0, 0.05) is 10.6 Å². The van der Waals surface area contributed by atoms with Gasteiger partial charge in [-0.2, -0.15) is 5.10 Å². The van der Waals surface area contributed by atoms with Crippen LogP contribution in [0.25, 0.3) is 21.7 Å². The standard InChI is InChI=1S/C24H19ClFN3S/c1-15-14-19(10-13-21(15)26)16(2)28-29-24-27-22(17-8-11-20(25)12-9-17)23(30-24)18-6-4-3-5-7-18/h3-14H,1-2H3,(H,27,29)/b28-16+. The molecular formula is C24H19ClFN3S. The molecule has 150 valence electrons. The molecule has 6 heteroatoms. The Morgan fingerprint density at radius 2 is 1.73 bits per heavy atom. The first-order chi connectivity index (χ1) is 14.5. The van der Waals surface area contributed by atoms with Gasteiger partial charge in [0.15, 0.2) is 0 Å². The van der Waals surface area contributed by atoms with Crippen molar-refractivity contribution in [2.45, 2.75) is 13.8 Å². The van der Waals surface area contributed by atoms with Gasteiger partial charge in [0.1, 0.15) is 5.82 Å². The molecule has 0 radical (unpaired) electrons. The third-order valence-corrected chi connectivity index (χ3v) is 5.94. The number of halogens is 2. The molecule has 0 amide bonds. The van der Waals surface area contributed by atoms with Crippen LogP contribution in [0.15, 0.2) is 77.9 Å². The minimum atomic E-state index is -0.223. The van der Waals surface area contributed by atoms with E-state index in [0.717, 1.165) is 33.0 Å². The smallest absolute Gasteiger partial charge is 0.204 e. The molecule has 0 spiro atoms. The van der Waals surface area contributed by atoms with Gasteiger partial charge in [-0.25, -0.2) is 9.37 Å². The Balaban J connectivity index is 1.68. The highest BCUT2D eigenvalue weighted by Gasteiger charge is 2.15. The van der Waals surface area contributed by atoms with Crippen LogP contribution in [0, 0.1) is 12.7 Å². The fourth-order valence-corrected chi connectivity index (χ4v) is 4.08. The summed E-state index contributed by atoms with van der Waals surface area (Å²) in [6.45, 7) is 3.62. The van der Waals surface area contributed by atoms with E-state index in [4.69, 9.17) is 16.6 Å². The second-order valence-electron chi connectivity index (χ2n) is 6.84. The highest BCUT2D eigenvalue weighted by Crippen LogP contribution is 2.39. The Labute approximate surface area is 183 Å². The van der Waals surface area contributed by atoms with Crippen LogP contribution < -0.4 is 5.43 Å². The molecule has 4 aromatic rings. The first kappa shape index (κ1) is 20.3. The van der Waals surface area contributed by atoms with Crippen LogP contribution in [0.2, 0.25) is 5.02 Å². The molecule has 3 aromatic carbocycles. The summed E-state index contributed by atoms with van der Waals surface area (Å²) in [5.74, 6) is -0.223. The number of nitrogens with one attached hydrogen (secondary N) is 1. The molecule has 0 fully saturated rings. The van der Waals surface area contributed by atoms with Crippen molar-refractivity contribution >= 4 is 33.8 Å². The minimum absolute atomic E-state index is 0.223. The first-order valence-electron chi connectivity index (χ1n) is 9.40. The number of thiazole rings is 1. The van der Waals surface area contributed by atoms with Crippen molar-refractivity contribution in [3.05, 3.63) is 94.8 Å². The van der Waals surface area contributed by atoms with E-state index in [0.29, 0.717) is 15.7 Å². The van der Waals surface area contributed by atoms with Crippen molar-refractivity contribution in [3.8, 4) is 21.7 Å². The Morgan fingerprint density at radius 1 is 1.00 bits per heavy atom. The number of rotatable bonds is 5. The molecule has 1 heterocycles. The summed E-state index contributed by atoms with van der Waals surface area (Å²) in [4.78, 5) is 5.83. The van der Waals surface area contributed by atoms with Gasteiger partial charge >= 0.3 is 0 Å². The van der Waals surface area contributed by atoms with E-state index in [1.807, 2.05) is 49.4 Å². The van der Waals surface area contributed by atoms with Crippen molar-refractivity contribution in [3.63, 3.8) is 0 Å². The summed E-state index contributed by atoms with van der Waals surface area (Å²) in [5, 5.41) is 5.82. The van der Waals surface area contributed by atoms with Crippen molar-refractivity contribution in [1.29, 1.82) is 0 Å². The average Bonchev–Trinajstić information content (AvgIpc) is 3.19. The van der Waals surface area contributed by atoms with Crippen molar-refractivity contribution in [2.24, 2.45) is 5.10 Å². The Kier molecular flexibility index (Phi) is 5.93. The van der Waals surface area contributed by atoms with Crippen LogP contribution in [0.1, 0.15) is 18.1 Å². The summed E-state index contributed by atoms with van der Waals surface area (Å²) in [7, 11) is 0. The number of aromatic nitrogens is 1. The maximum atomic E-state index is 13.5. The van der Waals surface area contributed by atoms with E-state index in [-0.39, 0.29) is 5.82 Å². The second kappa shape index (κ2) is 8.78. The van der Waals surface area contributed by atoms with Gasteiger partial charge in [-0.3, -0.25) is 5.43 Å². The predicted octanol–water partition coefficient (Wildman–Crippen LogP) is 7.41. The van der Waals surface area contributed by atoms with E-state index in [2.05, 4.69) is 22.7 Å². The van der Waals surface area contributed by atoms with Gasteiger partial charge < -0.3 is 0 Å². The normalized spacial score (nSPS) is 11.5. The molecule has 0 bridgehead atoms. The van der Waals surface area contributed by atoms with E-state index in [1.54, 1.807) is 19.1 Å². The predicted molar refractivity (Wildman–Crippen MR) is 125 cm³/mol. The Bertz CT molecular complexity index is 1200. The third-order valence-electron chi connectivity index (χ3n) is 4.68. The summed E-state index contributed by atoms with van der Waals surface area (Å²) in [6, 6.07) is 22.7. The molecule has 0 aliphatic carbocycles. The molecule has 0 aliphatic heterocycles. The van der Waals surface area contributed by atoms with Gasteiger partial charge in [-0.15, -0.1) is 0 Å². The summed E-state index contributed by atoms with van der Waals surface area (Å²) >= 11 is 7.59. The molecule has 0 aliphatic rings. The first-order valence-corrected chi connectivity index (χ1v) is 10.6. The fourth-order valence-electron chi connectivity index (χ4n) is 3.02. The number of nitrogens with zero attached hydrogens (tertiary/aromatic N) is 2. The fraction of sp³-hybridized carbons (Fsp3) is 0.0833. The zero-order chi connectivity index (χ0) is 21.1. The molecule has 3 nitrogen and oxygen atoms in total. The van der Waals surface area contributed by atoms with Crippen LogP contribution in [0.4, 0.5) is 9.52 Å². The van der Waals surface area contributed by atoms with Gasteiger partial charge in [0.05, 0.1) is 16.3 Å². The summed E-state index contributed by atoms with van der Waals surface area (Å²) < 4.78 is 13.5. The SMILES string of the molecule is C/C(=N\Nc1nc(-c2ccc(Cl)cc2)c(-c2ccccc2)s1)c1ccc(F)c(C)c1. The highest BCUT2D eigenvalue weighted by atomic mass is 35.5. The van der Waals surface area contributed by atoms with Crippen LogP contribution in [0.5, 0.6) is 0 Å². The zero-order valence-corrected chi connectivity index (χ0v) is 18.1. The lowest BCUT2D eigenvalue weighted by atomic mass is 10.1. The summed E-state index contributed by atoms with van der Waals surface area (Å²) in [5.41, 5.74) is 8.21. The molecule has 30 heavy (non-hydrogen) atoms. The van der Waals surface area contributed by atoms with Gasteiger partial charge in [0.2, 0.25) is 5.13 Å². The molecule has 1 N–H and O–H groups in total. The maximum absolute atomic E-state index is 13.5.